The van der Waals surface area contributed by atoms with Gasteiger partial charge in [-0.1, -0.05) is 42.6 Å². The van der Waals surface area contributed by atoms with E-state index in [9.17, 15) is 4.79 Å². The number of amides is 1. The van der Waals surface area contributed by atoms with Gasteiger partial charge in [0.2, 0.25) is 5.91 Å². The summed E-state index contributed by atoms with van der Waals surface area (Å²) in [5.41, 5.74) is 0. The SMILES string of the molecule is CC(C)CCCC(C)N1CCCC(Br)C1=O. The number of nitrogens with zero attached hydrogens (tertiary/aromatic N) is 1. The monoisotopic (exact) mass is 289 g/mol. The Hall–Kier alpha value is -0.0500. The zero-order valence-corrected chi connectivity index (χ0v) is 12.3. The van der Waals surface area contributed by atoms with Crippen molar-refractivity contribution in [2.24, 2.45) is 5.92 Å². The Bertz CT molecular complexity index is 230. The highest BCUT2D eigenvalue weighted by Gasteiger charge is 2.29. The summed E-state index contributed by atoms with van der Waals surface area (Å²) < 4.78 is 0. The maximum Gasteiger partial charge on any atom is 0.236 e. The van der Waals surface area contributed by atoms with Crippen molar-refractivity contribution in [3.05, 3.63) is 0 Å². The molecule has 2 atom stereocenters. The van der Waals surface area contributed by atoms with Gasteiger partial charge in [-0.15, -0.1) is 0 Å². The summed E-state index contributed by atoms with van der Waals surface area (Å²) in [6.07, 6.45) is 5.77. The second kappa shape index (κ2) is 6.63. The molecule has 0 N–H and O–H groups in total. The summed E-state index contributed by atoms with van der Waals surface area (Å²) in [4.78, 5) is 14.1. The molecule has 0 aliphatic carbocycles. The average molecular weight is 290 g/mol. The maximum atomic E-state index is 11.9. The van der Waals surface area contributed by atoms with E-state index in [0.29, 0.717) is 11.9 Å². The van der Waals surface area contributed by atoms with Crippen molar-refractivity contribution in [3.63, 3.8) is 0 Å². The molecule has 0 bridgehead atoms. The van der Waals surface area contributed by atoms with Gasteiger partial charge in [-0.2, -0.15) is 0 Å². The van der Waals surface area contributed by atoms with Crippen molar-refractivity contribution in [1.82, 2.24) is 4.90 Å². The summed E-state index contributed by atoms with van der Waals surface area (Å²) in [6, 6.07) is 0.409. The van der Waals surface area contributed by atoms with Crippen LogP contribution in [0.1, 0.15) is 52.9 Å². The minimum Gasteiger partial charge on any atom is -0.339 e. The first-order valence-corrected chi connectivity index (χ1v) is 7.38. The summed E-state index contributed by atoms with van der Waals surface area (Å²) in [5.74, 6) is 1.07. The molecule has 0 radical (unpaired) electrons. The first kappa shape index (κ1) is 14.0. The molecule has 1 aliphatic rings. The lowest BCUT2D eigenvalue weighted by Crippen LogP contribution is -2.46. The molecule has 0 aromatic carbocycles. The van der Waals surface area contributed by atoms with Crippen molar-refractivity contribution in [1.29, 1.82) is 0 Å². The van der Waals surface area contributed by atoms with Crippen LogP contribution in [0.3, 0.4) is 0 Å². The van der Waals surface area contributed by atoms with Crippen LogP contribution in [0.5, 0.6) is 0 Å². The Morgan fingerprint density at radius 2 is 2.06 bits per heavy atom. The van der Waals surface area contributed by atoms with Gasteiger partial charge in [0, 0.05) is 12.6 Å². The van der Waals surface area contributed by atoms with Crippen molar-refractivity contribution in [2.75, 3.05) is 6.54 Å². The van der Waals surface area contributed by atoms with Crippen molar-refractivity contribution >= 4 is 21.8 Å². The fourth-order valence-electron chi connectivity index (χ4n) is 2.27. The summed E-state index contributed by atoms with van der Waals surface area (Å²) in [5, 5.41) is 0. The highest BCUT2D eigenvalue weighted by Crippen LogP contribution is 2.22. The molecule has 1 fully saturated rings. The Balaban J connectivity index is 2.34. The van der Waals surface area contributed by atoms with Crippen LogP contribution in [-0.2, 0) is 4.79 Å². The average Bonchev–Trinajstić information content (AvgIpc) is 2.21. The van der Waals surface area contributed by atoms with Gasteiger partial charge >= 0.3 is 0 Å². The standard InChI is InChI=1S/C13H24BrNO/c1-10(2)6-4-7-11(3)15-9-5-8-12(14)13(15)16/h10-12H,4-9H2,1-3H3. The molecule has 0 saturated carbocycles. The normalized spacial score (nSPS) is 23.9. The van der Waals surface area contributed by atoms with E-state index in [0.717, 1.165) is 31.7 Å². The van der Waals surface area contributed by atoms with Crippen molar-refractivity contribution < 1.29 is 4.79 Å². The van der Waals surface area contributed by atoms with Crippen LogP contribution in [0.15, 0.2) is 0 Å². The van der Waals surface area contributed by atoms with Gasteiger partial charge in [-0.3, -0.25) is 4.79 Å². The molecule has 1 heterocycles. The first-order valence-electron chi connectivity index (χ1n) is 6.47. The molecule has 94 valence electrons. The Labute approximate surface area is 108 Å². The van der Waals surface area contributed by atoms with E-state index >= 15 is 0 Å². The highest BCUT2D eigenvalue weighted by atomic mass is 79.9. The van der Waals surface area contributed by atoms with Crippen LogP contribution in [-0.4, -0.2) is 28.2 Å². The molecule has 1 amide bonds. The van der Waals surface area contributed by atoms with Crippen LogP contribution in [0, 0.1) is 5.92 Å². The molecule has 1 rings (SSSR count). The van der Waals surface area contributed by atoms with E-state index in [1.165, 1.54) is 12.8 Å². The minimum absolute atomic E-state index is 0.0637. The van der Waals surface area contributed by atoms with Crippen LogP contribution in [0.25, 0.3) is 0 Å². The smallest absolute Gasteiger partial charge is 0.236 e. The number of piperidine rings is 1. The molecule has 0 aromatic rings. The third-order valence-electron chi connectivity index (χ3n) is 3.34. The Morgan fingerprint density at radius 3 is 2.69 bits per heavy atom. The first-order chi connectivity index (χ1) is 7.52. The number of carbonyl (C=O) groups excluding carboxylic acids is 1. The second-order valence-electron chi connectivity index (χ2n) is 5.32. The number of halogens is 1. The second-order valence-corrected chi connectivity index (χ2v) is 6.42. The van der Waals surface area contributed by atoms with E-state index < -0.39 is 0 Å². The maximum absolute atomic E-state index is 11.9. The molecule has 16 heavy (non-hydrogen) atoms. The third kappa shape index (κ3) is 4.08. The van der Waals surface area contributed by atoms with E-state index in [1.807, 2.05) is 0 Å². The minimum atomic E-state index is 0.0637. The van der Waals surface area contributed by atoms with E-state index in [1.54, 1.807) is 0 Å². The summed E-state index contributed by atoms with van der Waals surface area (Å²) in [7, 11) is 0. The van der Waals surface area contributed by atoms with Crippen LogP contribution >= 0.6 is 15.9 Å². The zero-order valence-electron chi connectivity index (χ0n) is 10.7. The molecule has 2 unspecified atom stereocenters. The highest BCUT2D eigenvalue weighted by molar-refractivity contribution is 9.10. The molecular formula is C13H24BrNO. The van der Waals surface area contributed by atoms with Crippen LogP contribution in [0.4, 0.5) is 0 Å². The van der Waals surface area contributed by atoms with Gasteiger partial charge in [0.15, 0.2) is 0 Å². The molecule has 0 aromatic heterocycles. The number of hydrogen-bond acceptors (Lipinski definition) is 1. The lowest BCUT2D eigenvalue weighted by atomic mass is 10.0. The molecular weight excluding hydrogens is 266 g/mol. The number of rotatable bonds is 5. The largest absolute Gasteiger partial charge is 0.339 e. The fraction of sp³-hybridized carbons (Fsp3) is 0.923. The molecule has 0 spiro atoms. The van der Waals surface area contributed by atoms with Gasteiger partial charge in [0.1, 0.15) is 0 Å². The number of likely N-dealkylation sites (tertiary alicyclic amines) is 1. The van der Waals surface area contributed by atoms with Crippen molar-refractivity contribution in [2.45, 2.75) is 63.7 Å². The summed E-state index contributed by atoms with van der Waals surface area (Å²) in [6.45, 7) is 7.64. The Kier molecular flexibility index (Phi) is 5.81. The van der Waals surface area contributed by atoms with Crippen molar-refractivity contribution in [3.8, 4) is 0 Å². The van der Waals surface area contributed by atoms with E-state index in [4.69, 9.17) is 0 Å². The molecule has 1 aliphatic heterocycles. The van der Waals surface area contributed by atoms with Gasteiger partial charge in [-0.25, -0.2) is 0 Å². The van der Waals surface area contributed by atoms with E-state index in [-0.39, 0.29) is 4.83 Å². The van der Waals surface area contributed by atoms with Crippen LogP contribution in [0.2, 0.25) is 0 Å². The third-order valence-corrected chi connectivity index (χ3v) is 4.19. The van der Waals surface area contributed by atoms with E-state index in [2.05, 4.69) is 41.6 Å². The Morgan fingerprint density at radius 1 is 1.38 bits per heavy atom. The van der Waals surface area contributed by atoms with Gasteiger partial charge in [-0.05, 0) is 32.1 Å². The zero-order chi connectivity index (χ0) is 12.1. The quantitative estimate of drug-likeness (QED) is 0.709. The van der Waals surface area contributed by atoms with Crippen LogP contribution < -0.4 is 0 Å². The number of alkyl halides is 1. The number of carbonyl (C=O) groups is 1. The topological polar surface area (TPSA) is 20.3 Å². The molecule has 3 heteroatoms. The molecule has 1 saturated heterocycles. The predicted molar refractivity (Wildman–Crippen MR) is 71.8 cm³/mol. The fourth-order valence-corrected chi connectivity index (χ4v) is 2.86. The van der Waals surface area contributed by atoms with Gasteiger partial charge in [0.25, 0.3) is 0 Å². The number of hydrogen-bond donors (Lipinski definition) is 0. The lowest BCUT2D eigenvalue weighted by molar-refractivity contribution is -0.134. The lowest BCUT2D eigenvalue weighted by Gasteiger charge is -2.35. The van der Waals surface area contributed by atoms with Gasteiger partial charge in [0.05, 0.1) is 4.83 Å². The molecule has 2 nitrogen and oxygen atoms in total. The predicted octanol–water partition coefficient (Wildman–Crippen LogP) is 3.59. The summed E-state index contributed by atoms with van der Waals surface area (Å²) >= 11 is 3.46. The van der Waals surface area contributed by atoms with Gasteiger partial charge < -0.3 is 4.90 Å².